The van der Waals surface area contributed by atoms with Crippen molar-refractivity contribution in [3.05, 3.63) is 71.4 Å². The third-order valence-electron chi connectivity index (χ3n) is 4.11. The molecule has 25 heavy (non-hydrogen) atoms. The van der Waals surface area contributed by atoms with Crippen LogP contribution in [0.25, 0.3) is 5.57 Å². The lowest BCUT2D eigenvalue weighted by atomic mass is 10.0. The van der Waals surface area contributed by atoms with Crippen molar-refractivity contribution < 1.29 is 21.6 Å². The summed E-state index contributed by atoms with van der Waals surface area (Å²) in [6, 6.07) is 11.3. The van der Waals surface area contributed by atoms with Gasteiger partial charge in [0, 0.05) is 12.7 Å². The summed E-state index contributed by atoms with van der Waals surface area (Å²) in [5.41, 5.74) is 1.53. The summed E-state index contributed by atoms with van der Waals surface area (Å²) in [5.74, 6) is 0. The summed E-state index contributed by atoms with van der Waals surface area (Å²) in [6.07, 6.45) is -2.43. The standard InChI is InChI=1S/C18H16F3NO2S/c1-13-2-8-17(9-3-13)25(23,24)22-11-10-15(12-22)14-4-6-16(7-5-14)18(19,20)21/h2-9,12H,10-11H2,1H3. The van der Waals surface area contributed by atoms with Crippen molar-refractivity contribution in [3.8, 4) is 0 Å². The predicted molar refractivity (Wildman–Crippen MR) is 89.1 cm³/mol. The van der Waals surface area contributed by atoms with E-state index < -0.39 is 21.8 Å². The zero-order valence-electron chi connectivity index (χ0n) is 13.4. The van der Waals surface area contributed by atoms with Crippen molar-refractivity contribution in [1.82, 2.24) is 4.31 Å². The molecular formula is C18H16F3NO2S. The molecule has 0 radical (unpaired) electrons. The molecule has 7 heteroatoms. The average Bonchev–Trinajstić information content (AvgIpc) is 3.05. The molecule has 0 atom stereocenters. The molecule has 0 spiro atoms. The second kappa shape index (κ2) is 6.22. The first-order valence-electron chi connectivity index (χ1n) is 7.65. The number of hydrogen-bond donors (Lipinski definition) is 0. The fraction of sp³-hybridized carbons (Fsp3) is 0.222. The van der Waals surface area contributed by atoms with Crippen LogP contribution in [0.2, 0.25) is 0 Å². The molecule has 0 saturated heterocycles. The van der Waals surface area contributed by atoms with Crippen LogP contribution in [-0.2, 0) is 16.2 Å². The molecule has 2 aromatic rings. The zero-order valence-corrected chi connectivity index (χ0v) is 14.2. The molecule has 0 amide bonds. The molecule has 2 aromatic carbocycles. The lowest BCUT2D eigenvalue weighted by molar-refractivity contribution is -0.137. The molecule has 0 fully saturated rings. The number of sulfonamides is 1. The van der Waals surface area contributed by atoms with Gasteiger partial charge in [0.05, 0.1) is 10.5 Å². The minimum absolute atomic E-state index is 0.197. The van der Waals surface area contributed by atoms with E-state index in [-0.39, 0.29) is 11.4 Å². The number of alkyl halides is 3. The van der Waals surface area contributed by atoms with Gasteiger partial charge >= 0.3 is 6.18 Å². The summed E-state index contributed by atoms with van der Waals surface area (Å²) in [4.78, 5) is 0.197. The summed E-state index contributed by atoms with van der Waals surface area (Å²) in [6.45, 7) is 2.14. The highest BCUT2D eigenvalue weighted by Gasteiger charge is 2.31. The van der Waals surface area contributed by atoms with E-state index in [1.54, 1.807) is 24.3 Å². The van der Waals surface area contributed by atoms with E-state index in [2.05, 4.69) is 0 Å². The van der Waals surface area contributed by atoms with E-state index in [9.17, 15) is 21.6 Å². The number of rotatable bonds is 3. The molecular weight excluding hydrogens is 351 g/mol. The van der Waals surface area contributed by atoms with Crippen LogP contribution in [0, 0.1) is 6.92 Å². The Morgan fingerprint density at radius 2 is 1.56 bits per heavy atom. The molecule has 1 aliphatic heterocycles. The quantitative estimate of drug-likeness (QED) is 0.804. The van der Waals surface area contributed by atoms with E-state index >= 15 is 0 Å². The SMILES string of the molecule is Cc1ccc(S(=O)(=O)N2C=C(c3ccc(C(F)(F)F)cc3)CC2)cc1. The second-order valence-corrected chi connectivity index (χ2v) is 7.80. The average molecular weight is 367 g/mol. The van der Waals surface area contributed by atoms with Crippen LogP contribution in [0.15, 0.2) is 59.6 Å². The Morgan fingerprint density at radius 1 is 0.960 bits per heavy atom. The van der Waals surface area contributed by atoms with E-state index in [4.69, 9.17) is 0 Å². The highest BCUT2D eigenvalue weighted by molar-refractivity contribution is 7.89. The van der Waals surface area contributed by atoms with Crippen LogP contribution in [0.4, 0.5) is 13.2 Å². The molecule has 0 aliphatic carbocycles. The van der Waals surface area contributed by atoms with E-state index in [1.165, 1.54) is 22.6 Å². The lowest BCUT2D eigenvalue weighted by Gasteiger charge is -2.15. The molecule has 0 aromatic heterocycles. The van der Waals surface area contributed by atoms with Gasteiger partial charge in [-0.1, -0.05) is 29.8 Å². The highest BCUT2D eigenvalue weighted by atomic mass is 32.2. The maximum atomic E-state index is 12.6. The monoisotopic (exact) mass is 367 g/mol. The van der Waals surface area contributed by atoms with Crippen molar-refractivity contribution in [1.29, 1.82) is 0 Å². The minimum Gasteiger partial charge on any atom is -0.273 e. The molecule has 3 nitrogen and oxygen atoms in total. The first kappa shape index (κ1) is 17.5. The van der Waals surface area contributed by atoms with Gasteiger partial charge in [-0.05, 0) is 48.7 Å². The maximum absolute atomic E-state index is 12.6. The van der Waals surface area contributed by atoms with Gasteiger partial charge in [0.1, 0.15) is 0 Å². The Labute approximate surface area is 144 Å². The molecule has 0 bridgehead atoms. The topological polar surface area (TPSA) is 37.4 Å². The molecule has 0 unspecified atom stereocenters. The van der Waals surface area contributed by atoms with Crippen LogP contribution in [0.3, 0.4) is 0 Å². The minimum atomic E-state index is -4.39. The fourth-order valence-electron chi connectivity index (χ4n) is 2.66. The Kier molecular flexibility index (Phi) is 4.36. The summed E-state index contributed by atoms with van der Waals surface area (Å²) >= 11 is 0. The predicted octanol–water partition coefficient (Wildman–Crippen LogP) is 4.45. The number of halogens is 3. The third kappa shape index (κ3) is 3.56. The number of hydrogen-bond acceptors (Lipinski definition) is 2. The summed E-state index contributed by atoms with van der Waals surface area (Å²) in [5, 5.41) is 0. The second-order valence-electron chi connectivity index (χ2n) is 5.91. The van der Waals surface area contributed by atoms with E-state index in [1.807, 2.05) is 6.92 Å². The van der Waals surface area contributed by atoms with Gasteiger partial charge in [-0.2, -0.15) is 13.2 Å². The van der Waals surface area contributed by atoms with Gasteiger partial charge in [-0.3, -0.25) is 4.31 Å². The highest BCUT2D eigenvalue weighted by Crippen LogP contribution is 2.33. The third-order valence-corrected chi connectivity index (χ3v) is 5.89. The van der Waals surface area contributed by atoms with Gasteiger partial charge in [0.25, 0.3) is 10.0 Å². The van der Waals surface area contributed by atoms with Gasteiger partial charge in [-0.15, -0.1) is 0 Å². The van der Waals surface area contributed by atoms with Crippen molar-refractivity contribution in [2.75, 3.05) is 6.54 Å². The van der Waals surface area contributed by atoms with Crippen LogP contribution >= 0.6 is 0 Å². The Hall–Kier alpha value is -2.28. The Bertz CT molecular complexity index is 899. The van der Waals surface area contributed by atoms with Gasteiger partial charge in [0.15, 0.2) is 0 Å². The van der Waals surface area contributed by atoms with Crippen molar-refractivity contribution in [2.45, 2.75) is 24.4 Å². The van der Waals surface area contributed by atoms with Crippen molar-refractivity contribution in [2.24, 2.45) is 0 Å². The molecule has 1 aliphatic rings. The largest absolute Gasteiger partial charge is 0.416 e. The van der Waals surface area contributed by atoms with E-state index in [0.29, 0.717) is 17.6 Å². The number of benzene rings is 2. The first-order valence-corrected chi connectivity index (χ1v) is 9.09. The molecule has 1 heterocycles. The molecule has 3 rings (SSSR count). The number of nitrogens with zero attached hydrogens (tertiary/aromatic N) is 1. The molecule has 132 valence electrons. The van der Waals surface area contributed by atoms with Gasteiger partial charge in [0.2, 0.25) is 0 Å². The van der Waals surface area contributed by atoms with Crippen LogP contribution in [0.1, 0.15) is 23.1 Å². The molecule has 0 saturated carbocycles. The normalized spacial score (nSPS) is 15.4. The van der Waals surface area contributed by atoms with Crippen LogP contribution in [-0.4, -0.2) is 19.3 Å². The van der Waals surface area contributed by atoms with Crippen LogP contribution < -0.4 is 0 Å². The van der Waals surface area contributed by atoms with E-state index in [0.717, 1.165) is 17.7 Å². The Morgan fingerprint density at radius 3 is 2.12 bits per heavy atom. The molecule has 0 N–H and O–H groups in total. The van der Waals surface area contributed by atoms with Gasteiger partial charge < -0.3 is 0 Å². The first-order chi connectivity index (χ1) is 11.7. The van der Waals surface area contributed by atoms with Gasteiger partial charge in [-0.25, -0.2) is 8.42 Å². The summed E-state index contributed by atoms with van der Waals surface area (Å²) in [7, 11) is -3.65. The summed E-state index contributed by atoms with van der Waals surface area (Å²) < 4.78 is 64.4. The van der Waals surface area contributed by atoms with Crippen LogP contribution in [0.5, 0.6) is 0 Å². The fourth-order valence-corrected chi connectivity index (χ4v) is 4.01. The zero-order chi connectivity index (χ0) is 18.2. The Balaban J connectivity index is 1.86. The number of aryl methyl sites for hydroxylation is 1. The maximum Gasteiger partial charge on any atom is 0.416 e. The van der Waals surface area contributed by atoms with Crippen molar-refractivity contribution >= 4 is 15.6 Å². The van der Waals surface area contributed by atoms with Crippen molar-refractivity contribution in [3.63, 3.8) is 0 Å². The lowest BCUT2D eigenvalue weighted by Crippen LogP contribution is -2.23. The smallest absolute Gasteiger partial charge is 0.273 e.